The fourth-order valence-electron chi connectivity index (χ4n) is 3.23. The minimum absolute atomic E-state index is 0.196. The van der Waals surface area contributed by atoms with Crippen molar-refractivity contribution >= 4 is 5.96 Å². The molecule has 0 bridgehead atoms. The molecule has 1 fully saturated rings. The first-order chi connectivity index (χ1) is 14.2. The van der Waals surface area contributed by atoms with E-state index in [4.69, 9.17) is 14.5 Å². The third-order valence-corrected chi connectivity index (χ3v) is 4.87. The van der Waals surface area contributed by atoms with Crippen LogP contribution in [0, 0.1) is 6.92 Å². The molecule has 1 atom stereocenters. The van der Waals surface area contributed by atoms with Crippen LogP contribution in [0.25, 0.3) is 0 Å². The Kier molecular flexibility index (Phi) is 7.86. The first-order valence-electron chi connectivity index (χ1n) is 10.4. The van der Waals surface area contributed by atoms with Gasteiger partial charge in [-0.3, -0.25) is 0 Å². The minimum Gasteiger partial charge on any atom is -0.491 e. The number of aromatic nitrogens is 3. The molecule has 2 aromatic rings. The Bertz CT molecular complexity index is 798. The highest BCUT2D eigenvalue weighted by molar-refractivity contribution is 5.79. The van der Waals surface area contributed by atoms with Crippen molar-refractivity contribution in [2.24, 2.45) is 4.99 Å². The molecule has 8 heteroatoms. The van der Waals surface area contributed by atoms with Crippen molar-refractivity contribution in [3.63, 3.8) is 0 Å². The van der Waals surface area contributed by atoms with Gasteiger partial charge in [-0.15, -0.1) is 10.2 Å². The summed E-state index contributed by atoms with van der Waals surface area (Å²) in [5, 5.41) is 14.7. The van der Waals surface area contributed by atoms with Crippen LogP contribution in [0.15, 0.2) is 29.5 Å². The second-order valence-electron chi connectivity index (χ2n) is 7.14. The fourth-order valence-corrected chi connectivity index (χ4v) is 3.23. The van der Waals surface area contributed by atoms with Crippen LogP contribution in [0.3, 0.4) is 0 Å². The van der Waals surface area contributed by atoms with E-state index < -0.39 is 0 Å². The molecule has 1 unspecified atom stereocenters. The normalized spacial score (nSPS) is 16.8. The van der Waals surface area contributed by atoms with Gasteiger partial charge in [0.05, 0.1) is 19.2 Å². The van der Waals surface area contributed by atoms with Crippen molar-refractivity contribution < 1.29 is 9.47 Å². The van der Waals surface area contributed by atoms with E-state index in [1.165, 1.54) is 5.56 Å². The largest absolute Gasteiger partial charge is 0.491 e. The highest BCUT2D eigenvalue weighted by atomic mass is 16.5. The molecule has 2 N–H and O–H groups in total. The zero-order valence-electron chi connectivity index (χ0n) is 17.6. The monoisotopic (exact) mass is 400 g/mol. The van der Waals surface area contributed by atoms with E-state index in [1.807, 2.05) is 11.5 Å². The summed E-state index contributed by atoms with van der Waals surface area (Å²) >= 11 is 0. The van der Waals surface area contributed by atoms with Crippen LogP contribution in [-0.2, 0) is 24.4 Å². The van der Waals surface area contributed by atoms with E-state index in [2.05, 4.69) is 52.9 Å². The van der Waals surface area contributed by atoms with Crippen LogP contribution < -0.4 is 15.4 Å². The van der Waals surface area contributed by atoms with Crippen molar-refractivity contribution in [1.82, 2.24) is 25.4 Å². The third-order valence-electron chi connectivity index (χ3n) is 4.87. The molecule has 0 amide bonds. The molecule has 2 heterocycles. The average molecular weight is 401 g/mol. The lowest BCUT2D eigenvalue weighted by molar-refractivity contribution is 0.0676. The molecule has 3 rings (SSSR count). The Morgan fingerprint density at radius 3 is 3.00 bits per heavy atom. The van der Waals surface area contributed by atoms with E-state index in [1.54, 1.807) is 6.33 Å². The van der Waals surface area contributed by atoms with Gasteiger partial charge in [-0.1, -0.05) is 12.1 Å². The van der Waals surface area contributed by atoms with Crippen molar-refractivity contribution in [1.29, 1.82) is 0 Å². The smallest absolute Gasteiger partial charge is 0.191 e. The van der Waals surface area contributed by atoms with Gasteiger partial charge in [-0.2, -0.15) is 0 Å². The molecule has 1 aliphatic heterocycles. The Morgan fingerprint density at radius 2 is 2.24 bits per heavy atom. The maximum atomic E-state index is 6.09. The van der Waals surface area contributed by atoms with E-state index in [-0.39, 0.29) is 6.10 Å². The van der Waals surface area contributed by atoms with E-state index in [9.17, 15) is 0 Å². The zero-order chi connectivity index (χ0) is 20.5. The zero-order valence-corrected chi connectivity index (χ0v) is 17.6. The quantitative estimate of drug-likeness (QED) is 0.497. The number of aliphatic imine (C=N–C) groups is 1. The van der Waals surface area contributed by atoms with Gasteiger partial charge in [-0.25, -0.2) is 4.99 Å². The summed E-state index contributed by atoms with van der Waals surface area (Å²) in [6, 6.07) is 6.25. The molecule has 1 saturated heterocycles. The lowest BCUT2D eigenvalue weighted by Crippen LogP contribution is -2.37. The second-order valence-corrected chi connectivity index (χ2v) is 7.14. The van der Waals surface area contributed by atoms with E-state index in [0.717, 1.165) is 55.6 Å². The van der Waals surface area contributed by atoms with Gasteiger partial charge in [0.1, 0.15) is 18.7 Å². The molecule has 0 spiro atoms. The second kappa shape index (κ2) is 10.8. The summed E-state index contributed by atoms with van der Waals surface area (Å²) < 4.78 is 13.8. The maximum Gasteiger partial charge on any atom is 0.191 e. The van der Waals surface area contributed by atoms with Crippen molar-refractivity contribution in [3.05, 3.63) is 41.5 Å². The van der Waals surface area contributed by atoms with Crippen molar-refractivity contribution in [2.75, 3.05) is 19.8 Å². The highest BCUT2D eigenvalue weighted by Crippen LogP contribution is 2.23. The minimum atomic E-state index is 0.196. The van der Waals surface area contributed by atoms with Crippen molar-refractivity contribution in [2.45, 2.75) is 59.4 Å². The number of ether oxygens (including phenoxy) is 2. The van der Waals surface area contributed by atoms with Gasteiger partial charge in [-0.05, 0) is 45.2 Å². The number of nitrogens with one attached hydrogen (secondary N) is 2. The lowest BCUT2D eigenvalue weighted by atomic mass is 10.1. The molecule has 158 valence electrons. The number of benzene rings is 1. The molecular weight excluding hydrogens is 368 g/mol. The Balaban J connectivity index is 1.64. The van der Waals surface area contributed by atoms with E-state index in [0.29, 0.717) is 19.7 Å². The van der Waals surface area contributed by atoms with Crippen LogP contribution in [0.5, 0.6) is 5.75 Å². The Labute approximate surface area is 172 Å². The maximum absolute atomic E-state index is 6.09. The summed E-state index contributed by atoms with van der Waals surface area (Å²) in [6.07, 6.45) is 4.12. The predicted molar refractivity (Wildman–Crippen MR) is 113 cm³/mol. The number of guanidine groups is 1. The van der Waals surface area contributed by atoms with Gasteiger partial charge < -0.3 is 24.7 Å². The number of hydrogen-bond acceptors (Lipinski definition) is 5. The molecule has 1 aliphatic rings. The fraction of sp³-hybridized carbons (Fsp3) is 0.571. The van der Waals surface area contributed by atoms with Crippen LogP contribution in [-0.4, -0.2) is 46.6 Å². The molecule has 0 saturated carbocycles. The van der Waals surface area contributed by atoms with E-state index >= 15 is 0 Å². The highest BCUT2D eigenvalue weighted by Gasteiger charge is 2.17. The number of nitrogens with zero attached hydrogens (tertiary/aromatic N) is 4. The summed E-state index contributed by atoms with van der Waals surface area (Å²) in [7, 11) is 0. The molecule has 1 aromatic carbocycles. The third kappa shape index (κ3) is 6.19. The van der Waals surface area contributed by atoms with Gasteiger partial charge in [0.15, 0.2) is 11.8 Å². The van der Waals surface area contributed by atoms with Gasteiger partial charge in [0, 0.05) is 25.3 Å². The lowest BCUT2D eigenvalue weighted by Gasteiger charge is -2.15. The first-order valence-corrected chi connectivity index (χ1v) is 10.4. The van der Waals surface area contributed by atoms with Gasteiger partial charge in [0.25, 0.3) is 0 Å². The first kappa shape index (κ1) is 21.1. The summed E-state index contributed by atoms with van der Waals surface area (Å²) in [5.41, 5.74) is 2.23. The number of aryl methyl sites for hydroxylation is 2. The van der Waals surface area contributed by atoms with Crippen molar-refractivity contribution in [3.8, 4) is 5.75 Å². The summed E-state index contributed by atoms with van der Waals surface area (Å²) in [5.74, 6) is 2.50. The van der Waals surface area contributed by atoms with Crippen LogP contribution in [0.4, 0.5) is 0 Å². The SMILES string of the molecule is CCNC(=NCc1ccc(C)cc1OCC1CCCO1)NCc1nncn1CC. The number of hydrogen-bond donors (Lipinski definition) is 2. The Morgan fingerprint density at radius 1 is 1.34 bits per heavy atom. The summed E-state index contributed by atoms with van der Waals surface area (Å²) in [6.45, 7) is 10.3. The molecular formula is C21H32N6O2. The number of rotatable bonds is 9. The van der Waals surface area contributed by atoms with Crippen LogP contribution in [0.2, 0.25) is 0 Å². The predicted octanol–water partition coefficient (Wildman–Crippen LogP) is 2.42. The Hall–Kier alpha value is -2.61. The molecule has 1 aromatic heterocycles. The standard InChI is InChI=1S/C21H32N6O2/c1-4-22-21(24-13-20-26-25-15-27(20)5-2)23-12-17-9-8-16(3)11-19(17)29-14-18-7-6-10-28-18/h8-9,11,15,18H,4-7,10,12-14H2,1-3H3,(H2,22,23,24). The van der Waals surface area contributed by atoms with Crippen LogP contribution in [0.1, 0.15) is 43.6 Å². The topological polar surface area (TPSA) is 85.6 Å². The molecule has 29 heavy (non-hydrogen) atoms. The van der Waals surface area contributed by atoms with Crippen LogP contribution >= 0.6 is 0 Å². The van der Waals surface area contributed by atoms with Gasteiger partial charge in [0.2, 0.25) is 0 Å². The molecule has 0 aliphatic carbocycles. The summed E-state index contributed by atoms with van der Waals surface area (Å²) in [4.78, 5) is 4.73. The molecule has 0 radical (unpaired) electrons. The van der Waals surface area contributed by atoms with Gasteiger partial charge >= 0.3 is 0 Å². The molecule has 8 nitrogen and oxygen atoms in total. The average Bonchev–Trinajstić information content (AvgIpc) is 3.41.